The van der Waals surface area contributed by atoms with Gasteiger partial charge in [-0.25, -0.2) is 0 Å². The number of hydrogen-bond acceptors (Lipinski definition) is 4. The zero-order chi connectivity index (χ0) is 11.5. The number of hydrogen-bond donors (Lipinski definition) is 3. The largest absolute Gasteiger partial charge is 1.00 e. The minimum absolute atomic E-state index is 0. The molecule has 0 rings (SSSR count). The van der Waals surface area contributed by atoms with Crippen LogP contribution in [0.4, 0.5) is 13.2 Å². The first-order valence-corrected chi connectivity index (χ1v) is 4.82. The van der Waals surface area contributed by atoms with E-state index in [0.29, 0.717) is 0 Å². The first-order chi connectivity index (χ1) is 5.25. The molecule has 15 heteroatoms. The molecule has 0 atom stereocenters. The molecule has 0 bridgehead atoms. The molecule has 0 radical (unpaired) electrons. The van der Waals surface area contributed by atoms with Crippen LogP contribution in [0.25, 0.3) is 0 Å². The van der Waals surface area contributed by atoms with E-state index < -0.39 is 26.0 Å². The zero-order valence-corrected chi connectivity index (χ0v) is 16.1. The molecule has 3 N–H and O–H groups in total. The van der Waals surface area contributed by atoms with Crippen LogP contribution in [0, 0.1) is 0 Å². The van der Waals surface area contributed by atoms with E-state index in [1.165, 1.54) is 0 Å². The third kappa shape index (κ3) is 30.0. The maximum absolute atomic E-state index is 10.7. The van der Waals surface area contributed by atoms with Gasteiger partial charge in [0.2, 0.25) is 0 Å². The maximum Gasteiger partial charge on any atom is 1.00 e. The summed E-state index contributed by atoms with van der Waals surface area (Å²) in [4.78, 5) is 0. The Balaban J connectivity index is -0.0000000169. The summed E-state index contributed by atoms with van der Waals surface area (Å²) in [5.41, 5.74) is -5.53. The van der Waals surface area contributed by atoms with Crippen molar-refractivity contribution in [2.45, 2.75) is 5.51 Å². The Labute approximate surface area is 160 Å². The van der Waals surface area contributed by atoms with Crippen LogP contribution in [0.2, 0.25) is 0 Å². The first kappa shape index (κ1) is 31.1. The third-order valence-corrected chi connectivity index (χ3v) is 0.877. The van der Waals surface area contributed by atoms with Crippen LogP contribution in [0.3, 0.4) is 0 Å². The van der Waals surface area contributed by atoms with Crippen molar-refractivity contribution in [2.75, 3.05) is 0 Å². The van der Waals surface area contributed by atoms with Crippen LogP contribution in [0.1, 0.15) is 4.28 Å². The van der Waals surface area contributed by atoms with Gasteiger partial charge in [-0.2, -0.15) is 30.0 Å². The van der Waals surface area contributed by atoms with Crippen molar-refractivity contribution in [3.8, 4) is 0 Å². The van der Waals surface area contributed by atoms with E-state index in [0.717, 1.165) is 0 Å². The van der Waals surface area contributed by atoms with Gasteiger partial charge in [-0.3, -0.25) is 13.7 Å². The molecule has 0 fully saturated rings. The molecule has 0 heterocycles. The Morgan fingerprint density at radius 1 is 0.812 bits per heavy atom. The summed E-state index contributed by atoms with van der Waals surface area (Å²) in [5, 5.41) is 0. The molecule has 0 spiro atoms. The van der Waals surface area contributed by atoms with Gasteiger partial charge in [0, 0.05) is 0 Å². The molecule has 0 saturated heterocycles. The van der Waals surface area contributed by atoms with Crippen molar-refractivity contribution in [3.05, 3.63) is 0 Å². The summed E-state index contributed by atoms with van der Waals surface area (Å²) in [6, 6.07) is 0. The number of alkyl halides is 3. The average molecular weight is 320 g/mol. The van der Waals surface area contributed by atoms with Gasteiger partial charge in [0.1, 0.15) is 0 Å². The number of halogens is 3. The van der Waals surface area contributed by atoms with Crippen molar-refractivity contribution in [3.63, 3.8) is 0 Å². The van der Waals surface area contributed by atoms with E-state index in [1.54, 1.807) is 0 Å². The summed E-state index contributed by atoms with van der Waals surface area (Å²) in [6.07, 6.45) is 0. The van der Waals surface area contributed by atoms with Crippen molar-refractivity contribution >= 4 is 20.5 Å². The predicted molar refractivity (Wildman–Crippen MR) is 35.1 cm³/mol. The topological polar surface area (TPSA) is 129 Å². The van der Waals surface area contributed by atoms with Crippen molar-refractivity contribution < 1.29 is 137 Å². The first-order valence-electron chi connectivity index (χ1n) is 1.99. The second-order valence-electron chi connectivity index (χ2n) is 1.37. The molecule has 0 aromatic heterocycles. The van der Waals surface area contributed by atoms with Crippen LogP contribution in [0.5, 0.6) is 0 Å². The zero-order valence-electron chi connectivity index (χ0n) is 11.4. The molecule has 0 aromatic carbocycles. The molecular formula is CH6F3Na3O7S2. The van der Waals surface area contributed by atoms with Gasteiger partial charge in [0.25, 0.3) is 0 Å². The molecule has 0 saturated carbocycles. The molecule has 0 amide bonds. The summed E-state index contributed by atoms with van der Waals surface area (Å²) in [6.45, 7) is 0. The standard InChI is InChI=1S/CHF3O3S.3Na.H2O4S.3H/c2-1(3,4)8(5,6)7;;;;1-5(2,3)4;;;/h(H,5,6,7);;;;(H2,1,2,3,4);;;/q;3*+1;;3*-1. The molecule has 16 heavy (non-hydrogen) atoms. The predicted octanol–water partition coefficient (Wildman–Crippen LogP) is -8.91. The minimum Gasteiger partial charge on any atom is -1.00 e. The minimum atomic E-state index is -5.84. The number of rotatable bonds is 0. The fraction of sp³-hybridized carbons (Fsp3) is 1.00. The SMILES string of the molecule is O=S(=O)(O)C(F)(F)F.O=S(=O)(O)O.[H-].[H-].[H-].[Na+].[Na+].[Na+]. The third-order valence-electron chi connectivity index (χ3n) is 0.292. The Bertz CT molecular complexity index is 348. The van der Waals surface area contributed by atoms with Crippen molar-refractivity contribution in [1.29, 1.82) is 0 Å². The summed E-state index contributed by atoms with van der Waals surface area (Å²) < 4.78 is 89.1. The quantitative estimate of drug-likeness (QED) is 0.230. The van der Waals surface area contributed by atoms with Crippen LogP contribution in [0.15, 0.2) is 0 Å². The van der Waals surface area contributed by atoms with Gasteiger partial charge in [-0.05, 0) is 0 Å². The van der Waals surface area contributed by atoms with Crippen LogP contribution in [-0.4, -0.2) is 36.0 Å². The molecule has 0 aliphatic heterocycles. The van der Waals surface area contributed by atoms with Gasteiger partial charge in [-0.1, -0.05) is 0 Å². The summed E-state index contributed by atoms with van der Waals surface area (Å²) in [7, 11) is -10.5. The van der Waals surface area contributed by atoms with Crippen LogP contribution in [-0.2, 0) is 20.5 Å². The van der Waals surface area contributed by atoms with Crippen molar-refractivity contribution in [1.82, 2.24) is 0 Å². The summed E-state index contributed by atoms with van der Waals surface area (Å²) >= 11 is 0. The van der Waals surface area contributed by atoms with Gasteiger partial charge >= 0.3 is 115 Å². The molecule has 88 valence electrons. The average Bonchev–Trinajstić information content (AvgIpc) is 1.50. The van der Waals surface area contributed by atoms with E-state index in [2.05, 4.69) is 0 Å². The molecular weight excluding hydrogens is 314 g/mol. The fourth-order valence-corrected chi connectivity index (χ4v) is 0. The van der Waals surface area contributed by atoms with Crippen molar-refractivity contribution in [2.24, 2.45) is 0 Å². The van der Waals surface area contributed by atoms with Crippen LogP contribution < -0.4 is 88.7 Å². The molecule has 0 unspecified atom stereocenters. The molecule has 0 aromatic rings. The van der Waals surface area contributed by atoms with Gasteiger partial charge in [0.15, 0.2) is 0 Å². The van der Waals surface area contributed by atoms with Crippen LogP contribution >= 0.6 is 0 Å². The van der Waals surface area contributed by atoms with Gasteiger partial charge in [0.05, 0.1) is 0 Å². The molecule has 7 nitrogen and oxygen atoms in total. The Morgan fingerprint density at radius 3 is 0.875 bits per heavy atom. The Hall–Kier alpha value is 2.57. The Kier molecular flexibility index (Phi) is 22.2. The normalized spacial score (nSPS) is 10.6. The Morgan fingerprint density at radius 2 is 0.875 bits per heavy atom. The van der Waals surface area contributed by atoms with E-state index in [1.807, 2.05) is 0 Å². The monoisotopic (exact) mass is 320 g/mol. The van der Waals surface area contributed by atoms with Gasteiger partial charge < -0.3 is 4.28 Å². The van der Waals surface area contributed by atoms with E-state index >= 15 is 0 Å². The smallest absolute Gasteiger partial charge is 1.00 e. The van der Waals surface area contributed by atoms with E-state index in [9.17, 15) is 13.2 Å². The van der Waals surface area contributed by atoms with E-state index in [-0.39, 0.29) is 93.0 Å². The fourth-order valence-electron chi connectivity index (χ4n) is 0. The summed E-state index contributed by atoms with van der Waals surface area (Å²) in [5.74, 6) is 0. The van der Waals surface area contributed by atoms with E-state index in [4.69, 9.17) is 30.5 Å². The second kappa shape index (κ2) is 11.4. The molecule has 0 aliphatic carbocycles. The van der Waals surface area contributed by atoms with Gasteiger partial charge in [-0.15, -0.1) is 0 Å². The second-order valence-corrected chi connectivity index (χ2v) is 3.68. The maximum atomic E-state index is 10.7. The molecule has 0 aliphatic rings.